The van der Waals surface area contributed by atoms with E-state index in [4.69, 9.17) is 5.73 Å². The van der Waals surface area contributed by atoms with Crippen LogP contribution in [0.5, 0.6) is 5.75 Å². The predicted molar refractivity (Wildman–Crippen MR) is 81.0 cm³/mol. The summed E-state index contributed by atoms with van der Waals surface area (Å²) in [5.74, 6) is -0.0137. The van der Waals surface area contributed by atoms with Gasteiger partial charge in [0.2, 0.25) is 0 Å². The molecule has 1 unspecified atom stereocenters. The summed E-state index contributed by atoms with van der Waals surface area (Å²) >= 11 is 0. The minimum atomic E-state index is -0.350. The molecule has 3 nitrogen and oxygen atoms in total. The lowest BCUT2D eigenvalue weighted by molar-refractivity contribution is -0.117. The Balaban J connectivity index is 2.58. The van der Waals surface area contributed by atoms with Crippen LogP contribution in [-0.4, -0.2) is 10.9 Å². The molecular formula is C17H19NO2. The molecule has 104 valence electrons. The summed E-state index contributed by atoms with van der Waals surface area (Å²) in [5, 5.41) is 9.86. The van der Waals surface area contributed by atoms with Crippen molar-refractivity contribution in [2.45, 2.75) is 26.7 Å². The van der Waals surface area contributed by atoms with Crippen molar-refractivity contribution in [1.82, 2.24) is 0 Å². The Labute approximate surface area is 119 Å². The summed E-state index contributed by atoms with van der Waals surface area (Å²) < 4.78 is 0. The molecule has 2 rings (SSSR count). The maximum Gasteiger partial charge on any atom is 0.141 e. The van der Waals surface area contributed by atoms with Crippen LogP contribution in [0.25, 0.3) is 0 Å². The Bertz CT molecular complexity index is 639. The number of Topliss-reactive ketones (excluding diaryl/α,β-unsaturated/α-hetero) is 1. The number of ketones is 1. The maximum atomic E-state index is 12.1. The third-order valence-electron chi connectivity index (χ3n) is 3.50. The van der Waals surface area contributed by atoms with E-state index in [0.717, 1.165) is 22.3 Å². The zero-order valence-electron chi connectivity index (χ0n) is 12.0. The molecule has 0 heterocycles. The van der Waals surface area contributed by atoms with Crippen molar-refractivity contribution >= 4 is 11.5 Å². The second-order valence-electron chi connectivity index (χ2n) is 5.22. The van der Waals surface area contributed by atoms with E-state index in [2.05, 4.69) is 0 Å². The van der Waals surface area contributed by atoms with E-state index in [-0.39, 0.29) is 17.5 Å². The van der Waals surface area contributed by atoms with E-state index in [1.54, 1.807) is 13.0 Å². The van der Waals surface area contributed by atoms with Gasteiger partial charge < -0.3 is 10.8 Å². The number of carbonyl (C=O) groups excluding carboxylic acids is 1. The lowest BCUT2D eigenvalue weighted by Gasteiger charge is -2.17. The Morgan fingerprint density at radius 1 is 1.10 bits per heavy atom. The summed E-state index contributed by atoms with van der Waals surface area (Å²) in [6.07, 6.45) is 0. The number of phenols is 1. The highest BCUT2D eigenvalue weighted by Gasteiger charge is 2.20. The van der Waals surface area contributed by atoms with Crippen LogP contribution >= 0.6 is 0 Å². The maximum absolute atomic E-state index is 12.1. The SMILES string of the molecule is CC(=O)C(c1cccc(N)c1)c1cc(C)c(O)c(C)c1. The second-order valence-corrected chi connectivity index (χ2v) is 5.22. The van der Waals surface area contributed by atoms with Gasteiger partial charge in [0.05, 0.1) is 5.92 Å². The Kier molecular flexibility index (Phi) is 3.79. The number of carbonyl (C=O) groups is 1. The van der Waals surface area contributed by atoms with Crippen molar-refractivity contribution in [3.8, 4) is 5.75 Å². The first-order valence-electron chi connectivity index (χ1n) is 6.56. The summed E-state index contributed by atoms with van der Waals surface area (Å²) in [6.45, 7) is 5.25. The molecule has 0 spiro atoms. The minimum absolute atomic E-state index is 0.0556. The smallest absolute Gasteiger partial charge is 0.141 e. The molecule has 0 saturated carbocycles. The van der Waals surface area contributed by atoms with Gasteiger partial charge >= 0.3 is 0 Å². The summed E-state index contributed by atoms with van der Waals surface area (Å²) in [4.78, 5) is 12.1. The largest absolute Gasteiger partial charge is 0.507 e. The predicted octanol–water partition coefficient (Wildman–Crippen LogP) is 3.31. The number of phenolic OH excluding ortho intramolecular Hbond substituents is 1. The van der Waals surface area contributed by atoms with Crippen LogP contribution in [-0.2, 0) is 4.79 Å². The Hall–Kier alpha value is -2.29. The van der Waals surface area contributed by atoms with Gasteiger partial charge in [0.15, 0.2) is 0 Å². The van der Waals surface area contributed by atoms with Crippen molar-refractivity contribution in [2.75, 3.05) is 5.73 Å². The molecule has 0 aliphatic heterocycles. The lowest BCUT2D eigenvalue weighted by Crippen LogP contribution is -2.11. The van der Waals surface area contributed by atoms with Gasteiger partial charge in [-0.1, -0.05) is 24.3 Å². The average molecular weight is 269 g/mol. The molecule has 1 atom stereocenters. The molecule has 2 aromatic rings. The van der Waals surface area contributed by atoms with Crippen molar-refractivity contribution in [3.05, 3.63) is 58.7 Å². The van der Waals surface area contributed by atoms with Crippen LogP contribution in [0, 0.1) is 13.8 Å². The third kappa shape index (κ3) is 2.67. The first-order valence-corrected chi connectivity index (χ1v) is 6.56. The molecule has 3 N–H and O–H groups in total. The number of rotatable bonds is 3. The van der Waals surface area contributed by atoms with Crippen molar-refractivity contribution < 1.29 is 9.90 Å². The molecule has 0 amide bonds. The second kappa shape index (κ2) is 5.37. The van der Waals surface area contributed by atoms with Crippen molar-refractivity contribution in [2.24, 2.45) is 0 Å². The molecular weight excluding hydrogens is 250 g/mol. The van der Waals surface area contributed by atoms with Crippen LogP contribution in [0.4, 0.5) is 5.69 Å². The molecule has 0 bridgehead atoms. The summed E-state index contributed by atoms with van der Waals surface area (Å²) in [6, 6.07) is 11.1. The fraction of sp³-hybridized carbons (Fsp3) is 0.235. The number of nitrogens with two attached hydrogens (primary N) is 1. The molecule has 20 heavy (non-hydrogen) atoms. The van der Waals surface area contributed by atoms with E-state index in [1.807, 2.05) is 44.2 Å². The highest BCUT2D eigenvalue weighted by molar-refractivity contribution is 5.87. The fourth-order valence-corrected chi connectivity index (χ4v) is 2.56. The van der Waals surface area contributed by atoms with Crippen LogP contribution in [0.15, 0.2) is 36.4 Å². The van der Waals surface area contributed by atoms with Crippen molar-refractivity contribution in [1.29, 1.82) is 0 Å². The number of hydrogen-bond acceptors (Lipinski definition) is 3. The lowest BCUT2D eigenvalue weighted by atomic mass is 9.86. The highest BCUT2D eigenvalue weighted by atomic mass is 16.3. The number of aromatic hydroxyl groups is 1. The van der Waals surface area contributed by atoms with Crippen LogP contribution in [0.2, 0.25) is 0 Å². The van der Waals surface area contributed by atoms with E-state index >= 15 is 0 Å². The summed E-state index contributed by atoms with van der Waals surface area (Å²) in [5.41, 5.74) is 9.76. The molecule has 0 aromatic heterocycles. The van der Waals surface area contributed by atoms with Gasteiger partial charge in [-0.05, 0) is 55.2 Å². The third-order valence-corrected chi connectivity index (χ3v) is 3.50. The van der Waals surface area contributed by atoms with Gasteiger partial charge in [-0.25, -0.2) is 0 Å². The van der Waals surface area contributed by atoms with E-state index in [9.17, 15) is 9.90 Å². The van der Waals surface area contributed by atoms with Crippen molar-refractivity contribution in [3.63, 3.8) is 0 Å². The van der Waals surface area contributed by atoms with Gasteiger partial charge in [0.1, 0.15) is 11.5 Å². The van der Waals surface area contributed by atoms with E-state index in [0.29, 0.717) is 5.69 Å². The quantitative estimate of drug-likeness (QED) is 0.840. The molecule has 0 fully saturated rings. The van der Waals surface area contributed by atoms with Gasteiger partial charge in [0, 0.05) is 5.69 Å². The monoisotopic (exact) mass is 269 g/mol. The van der Waals surface area contributed by atoms with Gasteiger partial charge in [0.25, 0.3) is 0 Å². The van der Waals surface area contributed by atoms with E-state index < -0.39 is 0 Å². The van der Waals surface area contributed by atoms with Crippen LogP contribution in [0.3, 0.4) is 0 Å². The van der Waals surface area contributed by atoms with Gasteiger partial charge in [-0.3, -0.25) is 4.79 Å². The number of anilines is 1. The average Bonchev–Trinajstić information content (AvgIpc) is 2.35. The Morgan fingerprint density at radius 3 is 2.20 bits per heavy atom. The summed E-state index contributed by atoms with van der Waals surface area (Å²) in [7, 11) is 0. The number of aryl methyl sites for hydroxylation is 2. The number of benzene rings is 2. The first kappa shape index (κ1) is 14.1. The number of nitrogen functional groups attached to an aromatic ring is 1. The minimum Gasteiger partial charge on any atom is -0.507 e. The van der Waals surface area contributed by atoms with Gasteiger partial charge in [-0.15, -0.1) is 0 Å². The highest BCUT2D eigenvalue weighted by Crippen LogP contribution is 2.32. The molecule has 0 saturated heterocycles. The normalized spacial score (nSPS) is 12.2. The van der Waals surface area contributed by atoms with E-state index in [1.165, 1.54) is 0 Å². The molecule has 3 heteroatoms. The van der Waals surface area contributed by atoms with Crippen LogP contribution < -0.4 is 5.73 Å². The first-order chi connectivity index (χ1) is 9.40. The fourth-order valence-electron chi connectivity index (χ4n) is 2.56. The molecule has 0 aliphatic carbocycles. The zero-order chi connectivity index (χ0) is 14.9. The zero-order valence-corrected chi connectivity index (χ0v) is 12.0. The molecule has 0 aliphatic rings. The van der Waals surface area contributed by atoms with Crippen LogP contribution in [0.1, 0.15) is 35.1 Å². The standard InChI is InChI=1S/C17H19NO2/c1-10-7-14(8-11(2)17(10)20)16(12(3)19)13-5-4-6-15(18)9-13/h4-9,16,20H,18H2,1-3H3. The molecule has 2 aromatic carbocycles. The number of hydrogen-bond donors (Lipinski definition) is 2. The Morgan fingerprint density at radius 2 is 1.70 bits per heavy atom. The topological polar surface area (TPSA) is 63.3 Å². The van der Waals surface area contributed by atoms with Gasteiger partial charge in [-0.2, -0.15) is 0 Å². The molecule has 0 radical (unpaired) electrons.